The molecule has 3 aliphatic rings. The molecule has 0 N–H and O–H groups in total. The molecule has 0 unspecified atom stereocenters. The molecule has 0 bridgehead atoms. The number of aromatic nitrogens is 2. The molecule has 0 saturated carbocycles. The Morgan fingerprint density at radius 3 is 3.00 bits per heavy atom. The zero-order chi connectivity index (χ0) is 19.5. The van der Waals surface area contributed by atoms with E-state index in [-0.39, 0.29) is 22.9 Å². The number of ether oxygens (including phenoxy) is 1. The Labute approximate surface area is 170 Å². The number of hydrogen-bond acceptors (Lipinski definition) is 7. The molecule has 0 spiro atoms. The van der Waals surface area contributed by atoms with Crippen LogP contribution in [0, 0.1) is 0 Å². The third-order valence-corrected chi connectivity index (χ3v) is 8.54. The molecule has 2 saturated heterocycles. The normalized spacial score (nSPS) is 26.5. The van der Waals surface area contributed by atoms with Gasteiger partial charge in [0.15, 0.2) is 4.96 Å². The van der Waals surface area contributed by atoms with Crippen molar-refractivity contribution in [2.45, 2.75) is 63.0 Å². The fraction of sp³-hybridized carbons (Fsp3) is 0.579. The summed E-state index contributed by atoms with van der Waals surface area (Å²) in [6.45, 7) is 1.96. The van der Waals surface area contributed by atoms with Crippen LogP contribution in [-0.4, -0.2) is 42.8 Å². The fourth-order valence-corrected chi connectivity index (χ4v) is 7.10. The van der Waals surface area contributed by atoms with E-state index in [4.69, 9.17) is 4.74 Å². The number of aryl methyl sites for hydroxylation is 2. The number of esters is 1. The first-order chi connectivity index (χ1) is 13.5. The summed E-state index contributed by atoms with van der Waals surface area (Å²) in [5.41, 5.74) is 1.43. The SMILES string of the molecule is C[C@@]12CCC(=O)N1[C@@H](C(=O)OCc1cc(=O)n3c4c(sc3n1)CCCC4)CS2. The van der Waals surface area contributed by atoms with Crippen LogP contribution >= 0.6 is 23.1 Å². The summed E-state index contributed by atoms with van der Waals surface area (Å²) < 4.78 is 7.17. The molecule has 2 aliphatic heterocycles. The second-order valence-corrected chi connectivity index (χ2v) is 10.3. The zero-order valence-corrected chi connectivity index (χ0v) is 17.2. The standard InChI is InChI=1S/C19H21N3O4S2/c1-19-7-6-15(23)22(19)13(10-27-19)17(25)26-9-11-8-16(24)21-12-4-2-3-5-14(12)28-18(21)20-11/h8,13H,2-7,9-10H2,1H3/t13-,19-/m1/s1. The van der Waals surface area contributed by atoms with Crippen molar-refractivity contribution in [1.29, 1.82) is 0 Å². The first kappa shape index (κ1) is 18.2. The molecule has 2 aromatic heterocycles. The summed E-state index contributed by atoms with van der Waals surface area (Å²) in [5.74, 6) is 0.142. The Morgan fingerprint density at radius 2 is 2.14 bits per heavy atom. The number of rotatable bonds is 3. The average Bonchev–Trinajstić information content (AvgIpc) is 3.30. The third kappa shape index (κ3) is 2.78. The lowest BCUT2D eigenvalue weighted by Gasteiger charge is -2.29. The molecule has 4 heterocycles. The van der Waals surface area contributed by atoms with Gasteiger partial charge in [-0.05, 0) is 39.0 Å². The topological polar surface area (TPSA) is 81.0 Å². The number of carbonyl (C=O) groups excluding carboxylic acids is 2. The smallest absolute Gasteiger partial charge is 0.330 e. The largest absolute Gasteiger partial charge is 0.458 e. The first-order valence-corrected chi connectivity index (χ1v) is 11.4. The van der Waals surface area contributed by atoms with Crippen LogP contribution in [-0.2, 0) is 33.8 Å². The Bertz CT molecular complexity index is 1050. The maximum absolute atomic E-state index is 12.6. The van der Waals surface area contributed by atoms with E-state index in [1.165, 1.54) is 10.9 Å². The highest BCUT2D eigenvalue weighted by atomic mass is 32.2. The maximum atomic E-state index is 12.6. The van der Waals surface area contributed by atoms with Gasteiger partial charge in [-0.1, -0.05) is 0 Å². The van der Waals surface area contributed by atoms with E-state index in [9.17, 15) is 14.4 Å². The van der Waals surface area contributed by atoms with Crippen LogP contribution in [0.2, 0.25) is 0 Å². The van der Waals surface area contributed by atoms with Crippen molar-refractivity contribution in [2.24, 2.45) is 0 Å². The maximum Gasteiger partial charge on any atom is 0.330 e. The number of thioether (sulfide) groups is 1. The van der Waals surface area contributed by atoms with Crippen LogP contribution in [0.3, 0.4) is 0 Å². The van der Waals surface area contributed by atoms with Crippen molar-refractivity contribution in [2.75, 3.05) is 5.75 Å². The van der Waals surface area contributed by atoms with E-state index in [1.807, 2.05) is 6.92 Å². The number of fused-ring (bicyclic) bond motifs is 4. The Hall–Kier alpha value is -1.87. The molecule has 2 aromatic rings. The molecule has 0 radical (unpaired) electrons. The van der Waals surface area contributed by atoms with Crippen molar-refractivity contribution in [1.82, 2.24) is 14.3 Å². The Morgan fingerprint density at radius 1 is 1.32 bits per heavy atom. The van der Waals surface area contributed by atoms with Gasteiger partial charge in [0, 0.05) is 28.8 Å². The molecule has 28 heavy (non-hydrogen) atoms. The second-order valence-electron chi connectivity index (χ2n) is 7.76. The van der Waals surface area contributed by atoms with E-state index < -0.39 is 12.0 Å². The number of amides is 1. The number of hydrogen-bond donors (Lipinski definition) is 0. The number of thiazole rings is 1. The van der Waals surface area contributed by atoms with Gasteiger partial charge >= 0.3 is 5.97 Å². The minimum Gasteiger partial charge on any atom is -0.458 e. The monoisotopic (exact) mass is 419 g/mol. The zero-order valence-electron chi connectivity index (χ0n) is 15.6. The van der Waals surface area contributed by atoms with Gasteiger partial charge in [-0.2, -0.15) is 0 Å². The van der Waals surface area contributed by atoms with Gasteiger partial charge < -0.3 is 9.64 Å². The number of carbonyl (C=O) groups is 2. The summed E-state index contributed by atoms with van der Waals surface area (Å²) in [4.78, 5) is 45.2. The lowest BCUT2D eigenvalue weighted by atomic mass is 10.0. The minimum absolute atomic E-state index is 0.0106. The number of nitrogens with zero attached hydrogens (tertiary/aromatic N) is 3. The van der Waals surface area contributed by atoms with Crippen LogP contribution in [0.1, 0.15) is 48.9 Å². The van der Waals surface area contributed by atoms with Gasteiger partial charge in [0.1, 0.15) is 12.6 Å². The van der Waals surface area contributed by atoms with Crippen molar-refractivity contribution in [3.63, 3.8) is 0 Å². The van der Waals surface area contributed by atoms with Crippen LogP contribution in [0.15, 0.2) is 10.9 Å². The van der Waals surface area contributed by atoms with Crippen molar-refractivity contribution < 1.29 is 14.3 Å². The summed E-state index contributed by atoms with van der Waals surface area (Å²) in [5, 5.41) is 0. The minimum atomic E-state index is -0.552. The molecule has 2 atom stereocenters. The van der Waals surface area contributed by atoms with Gasteiger partial charge in [-0.15, -0.1) is 23.1 Å². The van der Waals surface area contributed by atoms with Crippen LogP contribution < -0.4 is 5.56 Å². The van der Waals surface area contributed by atoms with E-state index in [0.717, 1.165) is 37.8 Å². The second kappa shape index (κ2) is 6.59. The summed E-state index contributed by atoms with van der Waals surface area (Å²) in [6, 6.07) is 0.903. The highest BCUT2D eigenvalue weighted by Gasteiger charge is 2.53. The van der Waals surface area contributed by atoms with E-state index in [2.05, 4.69) is 4.98 Å². The summed E-state index contributed by atoms with van der Waals surface area (Å²) in [7, 11) is 0. The average molecular weight is 420 g/mol. The third-order valence-electron chi connectivity index (χ3n) is 5.89. The Kier molecular flexibility index (Phi) is 4.28. The van der Waals surface area contributed by atoms with Crippen LogP contribution in [0.5, 0.6) is 0 Å². The molecule has 7 nitrogen and oxygen atoms in total. The lowest BCUT2D eigenvalue weighted by Crippen LogP contribution is -2.46. The van der Waals surface area contributed by atoms with Gasteiger partial charge in [0.2, 0.25) is 5.91 Å². The lowest BCUT2D eigenvalue weighted by molar-refractivity contribution is -0.154. The molecular weight excluding hydrogens is 398 g/mol. The van der Waals surface area contributed by atoms with E-state index in [0.29, 0.717) is 22.8 Å². The predicted octanol–water partition coefficient (Wildman–Crippen LogP) is 2.13. The molecule has 1 amide bonds. The van der Waals surface area contributed by atoms with E-state index in [1.54, 1.807) is 32.4 Å². The molecule has 2 fully saturated rings. The van der Waals surface area contributed by atoms with Gasteiger partial charge in [0.25, 0.3) is 5.56 Å². The van der Waals surface area contributed by atoms with Crippen LogP contribution in [0.4, 0.5) is 0 Å². The summed E-state index contributed by atoms with van der Waals surface area (Å²) in [6.07, 6.45) is 5.39. The highest BCUT2D eigenvalue weighted by molar-refractivity contribution is 8.01. The Balaban J connectivity index is 1.34. The van der Waals surface area contributed by atoms with Crippen LogP contribution in [0.25, 0.3) is 4.96 Å². The molecule has 148 valence electrons. The van der Waals surface area contributed by atoms with Crippen molar-refractivity contribution in [3.05, 3.63) is 32.7 Å². The van der Waals surface area contributed by atoms with Crippen molar-refractivity contribution in [3.8, 4) is 0 Å². The van der Waals surface area contributed by atoms with E-state index >= 15 is 0 Å². The fourth-order valence-electron chi connectivity index (χ4n) is 4.45. The van der Waals surface area contributed by atoms with Gasteiger partial charge in [-0.25, -0.2) is 9.78 Å². The quantitative estimate of drug-likeness (QED) is 0.709. The summed E-state index contributed by atoms with van der Waals surface area (Å²) >= 11 is 3.19. The molecule has 1 aliphatic carbocycles. The van der Waals surface area contributed by atoms with Gasteiger partial charge in [-0.3, -0.25) is 14.0 Å². The molecular formula is C19H21N3O4S2. The molecule has 9 heteroatoms. The van der Waals surface area contributed by atoms with Gasteiger partial charge in [0.05, 0.1) is 10.6 Å². The molecule has 0 aromatic carbocycles. The first-order valence-electron chi connectivity index (χ1n) is 9.62. The highest BCUT2D eigenvalue weighted by Crippen LogP contribution is 2.47. The predicted molar refractivity (Wildman–Crippen MR) is 107 cm³/mol. The molecule has 5 rings (SSSR count). The van der Waals surface area contributed by atoms with Crippen molar-refractivity contribution >= 4 is 39.9 Å².